The highest BCUT2D eigenvalue weighted by atomic mass is 35.5. The molecule has 0 aliphatic rings. The van der Waals surface area contributed by atoms with Gasteiger partial charge >= 0.3 is 0 Å². The maximum atomic E-state index is 5.73. The number of para-hydroxylation sites is 1. The summed E-state index contributed by atoms with van der Waals surface area (Å²) in [5, 5.41) is 0. The molecule has 0 spiro atoms. The molecule has 1 atom stereocenters. The molecule has 5 heteroatoms. The fourth-order valence-electron chi connectivity index (χ4n) is 1.02. The Morgan fingerprint density at radius 3 is 2.27 bits per heavy atom. The normalized spacial score (nSPS) is 10.8. The standard InChI is InChI=1S/C10H16N2O.2ClH/c11-7-6-9(12)8-13-10-4-2-1-3-5-10;;/h1-5,9H,6-8,11-12H2;2*1H. The molecule has 0 fully saturated rings. The molecule has 0 amide bonds. The van der Waals surface area contributed by atoms with Crippen LogP contribution in [0.3, 0.4) is 0 Å². The Bertz CT molecular complexity index is 234. The molecule has 0 radical (unpaired) electrons. The van der Waals surface area contributed by atoms with Crippen LogP contribution in [-0.2, 0) is 0 Å². The molecule has 1 aromatic rings. The van der Waals surface area contributed by atoms with E-state index in [2.05, 4.69) is 0 Å². The second kappa shape index (κ2) is 10.1. The van der Waals surface area contributed by atoms with Crippen LogP contribution in [0.25, 0.3) is 0 Å². The van der Waals surface area contributed by atoms with Crippen molar-refractivity contribution in [1.29, 1.82) is 0 Å². The number of ether oxygens (including phenoxy) is 1. The van der Waals surface area contributed by atoms with E-state index in [4.69, 9.17) is 16.2 Å². The number of nitrogens with two attached hydrogens (primary N) is 2. The minimum atomic E-state index is 0. The Labute approximate surface area is 103 Å². The van der Waals surface area contributed by atoms with Crippen molar-refractivity contribution in [3.05, 3.63) is 30.3 Å². The van der Waals surface area contributed by atoms with Crippen molar-refractivity contribution in [1.82, 2.24) is 0 Å². The summed E-state index contributed by atoms with van der Waals surface area (Å²) >= 11 is 0. The predicted octanol–water partition coefficient (Wildman–Crippen LogP) is 1.59. The van der Waals surface area contributed by atoms with Crippen molar-refractivity contribution in [3.8, 4) is 5.75 Å². The van der Waals surface area contributed by atoms with Crippen LogP contribution in [0.4, 0.5) is 0 Å². The summed E-state index contributed by atoms with van der Waals surface area (Å²) in [4.78, 5) is 0. The summed E-state index contributed by atoms with van der Waals surface area (Å²) < 4.78 is 5.44. The first kappa shape index (κ1) is 16.9. The third kappa shape index (κ3) is 7.45. The van der Waals surface area contributed by atoms with Gasteiger partial charge in [-0.1, -0.05) is 18.2 Å². The second-order valence-electron chi connectivity index (χ2n) is 2.96. The molecular weight excluding hydrogens is 235 g/mol. The van der Waals surface area contributed by atoms with Gasteiger partial charge in [-0.3, -0.25) is 0 Å². The summed E-state index contributed by atoms with van der Waals surface area (Å²) in [5.74, 6) is 0.856. The molecule has 0 aromatic heterocycles. The third-order valence-corrected chi connectivity index (χ3v) is 1.74. The van der Waals surface area contributed by atoms with Gasteiger partial charge in [0.05, 0.1) is 0 Å². The fourth-order valence-corrected chi connectivity index (χ4v) is 1.02. The average molecular weight is 253 g/mol. The lowest BCUT2D eigenvalue weighted by Crippen LogP contribution is -2.30. The van der Waals surface area contributed by atoms with Gasteiger partial charge in [0.1, 0.15) is 12.4 Å². The molecule has 0 aliphatic carbocycles. The average Bonchev–Trinajstić information content (AvgIpc) is 2.17. The van der Waals surface area contributed by atoms with Crippen molar-refractivity contribution in [2.45, 2.75) is 12.5 Å². The zero-order chi connectivity index (χ0) is 9.52. The first-order valence-electron chi connectivity index (χ1n) is 4.46. The van der Waals surface area contributed by atoms with Crippen molar-refractivity contribution in [2.75, 3.05) is 13.2 Å². The highest BCUT2D eigenvalue weighted by Gasteiger charge is 2.01. The summed E-state index contributed by atoms with van der Waals surface area (Å²) in [6, 6.07) is 9.68. The van der Waals surface area contributed by atoms with Gasteiger partial charge in [-0.25, -0.2) is 0 Å². The van der Waals surface area contributed by atoms with E-state index in [0.717, 1.165) is 12.2 Å². The number of rotatable bonds is 5. The van der Waals surface area contributed by atoms with Crippen molar-refractivity contribution in [2.24, 2.45) is 11.5 Å². The van der Waals surface area contributed by atoms with Gasteiger partial charge in [-0.2, -0.15) is 0 Å². The van der Waals surface area contributed by atoms with Crippen LogP contribution in [0.15, 0.2) is 30.3 Å². The van der Waals surface area contributed by atoms with Gasteiger partial charge in [0.25, 0.3) is 0 Å². The first-order valence-corrected chi connectivity index (χ1v) is 4.46. The van der Waals surface area contributed by atoms with Crippen LogP contribution in [0, 0.1) is 0 Å². The van der Waals surface area contributed by atoms with Crippen LogP contribution >= 0.6 is 24.8 Å². The third-order valence-electron chi connectivity index (χ3n) is 1.74. The molecule has 0 bridgehead atoms. The first-order chi connectivity index (χ1) is 6.33. The van der Waals surface area contributed by atoms with Gasteiger partial charge < -0.3 is 16.2 Å². The molecule has 0 saturated heterocycles. The maximum Gasteiger partial charge on any atom is 0.119 e. The molecule has 88 valence electrons. The molecule has 3 nitrogen and oxygen atoms in total. The topological polar surface area (TPSA) is 61.3 Å². The van der Waals surface area contributed by atoms with E-state index < -0.39 is 0 Å². The molecule has 0 saturated carbocycles. The van der Waals surface area contributed by atoms with Gasteiger partial charge in [-0.15, -0.1) is 24.8 Å². The van der Waals surface area contributed by atoms with E-state index in [0.29, 0.717) is 13.2 Å². The Hall–Kier alpha value is -0.480. The van der Waals surface area contributed by atoms with Crippen LogP contribution in [-0.4, -0.2) is 19.2 Å². The Kier molecular flexibility index (Phi) is 11.3. The maximum absolute atomic E-state index is 5.73. The molecule has 0 aliphatic heterocycles. The van der Waals surface area contributed by atoms with Crippen molar-refractivity contribution in [3.63, 3.8) is 0 Å². The van der Waals surface area contributed by atoms with E-state index in [1.54, 1.807) is 0 Å². The lowest BCUT2D eigenvalue weighted by Gasteiger charge is -2.11. The Balaban J connectivity index is 0. The van der Waals surface area contributed by atoms with Crippen molar-refractivity contribution < 1.29 is 4.74 Å². The van der Waals surface area contributed by atoms with Gasteiger partial charge in [0, 0.05) is 6.04 Å². The molecule has 1 rings (SSSR count). The lowest BCUT2D eigenvalue weighted by molar-refractivity contribution is 0.283. The van der Waals surface area contributed by atoms with Crippen LogP contribution in [0.2, 0.25) is 0 Å². The predicted molar refractivity (Wildman–Crippen MR) is 68.1 cm³/mol. The van der Waals surface area contributed by atoms with Gasteiger partial charge in [0.2, 0.25) is 0 Å². The molecule has 1 aromatic carbocycles. The van der Waals surface area contributed by atoms with Crippen LogP contribution < -0.4 is 16.2 Å². The van der Waals surface area contributed by atoms with E-state index in [-0.39, 0.29) is 30.9 Å². The van der Waals surface area contributed by atoms with Crippen molar-refractivity contribution >= 4 is 24.8 Å². The lowest BCUT2D eigenvalue weighted by atomic mass is 10.2. The summed E-state index contributed by atoms with van der Waals surface area (Å²) in [6.45, 7) is 1.14. The number of hydrogen-bond acceptors (Lipinski definition) is 3. The van der Waals surface area contributed by atoms with Gasteiger partial charge in [-0.05, 0) is 25.1 Å². The van der Waals surface area contributed by atoms with Gasteiger partial charge in [0.15, 0.2) is 0 Å². The van der Waals surface area contributed by atoms with E-state index in [1.807, 2.05) is 30.3 Å². The number of benzene rings is 1. The summed E-state index contributed by atoms with van der Waals surface area (Å²) in [5.41, 5.74) is 11.1. The molecular formula is C10H18Cl2N2O. The molecule has 4 N–H and O–H groups in total. The van der Waals surface area contributed by atoms with E-state index in [1.165, 1.54) is 0 Å². The fraction of sp³-hybridized carbons (Fsp3) is 0.400. The second-order valence-corrected chi connectivity index (χ2v) is 2.96. The molecule has 15 heavy (non-hydrogen) atoms. The summed E-state index contributed by atoms with van der Waals surface area (Å²) in [6.07, 6.45) is 0.798. The minimum absolute atomic E-state index is 0. The smallest absolute Gasteiger partial charge is 0.119 e. The van der Waals surface area contributed by atoms with E-state index >= 15 is 0 Å². The molecule has 0 heterocycles. The molecule has 1 unspecified atom stereocenters. The van der Waals surface area contributed by atoms with Crippen LogP contribution in [0.5, 0.6) is 5.75 Å². The van der Waals surface area contributed by atoms with Crippen LogP contribution in [0.1, 0.15) is 6.42 Å². The van der Waals surface area contributed by atoms with E-state index in [9.17, 15) is 0 Å². The summed E-state index contributed by atoms with van der Waals surface area (Å²) in [7, 11) is 0. The zero-order valence-electron chi connectivity index (χ0n) is 8.46. The number of halogens is 2. The SMILES string of the molecule is Cl.Cl.NCCC(N)COc1ccccc1. The monoisotopic (exact) mass is 252 g/mol. The number of hydrogen-bond donors (Lipinski definition) is 2. The quantitative estimate of drug-likeness (QED) is 0.837. The zero-order valence-corrected chi connectivity index (χ0v) is 10.1. The highest BCUT2D eigenvalue weighted by Crippen LogP contribution is 2.08. The Morgan fingerprint density at radius 1 is 1.13 bits per heavy atom. The minimum Gasteiger partial charge on any atom is -0.492 e. The largest absolute Gasteiger partial charge is 0.492 e. The Morgan fingerprint density at radius 2 is 1.73 bits per heavy atom. The highest BCUT2D eigenvalue weighted by molar-refractivity contribution is 5.85.